The summed E-state index contributed by atoms with van der Waals surface area (Å²) in [5.41, 5.74) is 6.78. The third-order valence-corrected chi connectivity index (χ3v) is 5.59. The number of rotatable bonds is 0. The van der Waals surface area contributed by atoms with E-state index in [0.717, 1.165) is 35.6 Å². The highest BCUT2D eigenvalue weighted by molar-refractivity contribution is 5.47. The summed E-state index contributed by atoms with van der Waals surface area (Å²) in [6.07, 6.45) is 5.86. The Labute approximate surface area is 159 Å². The second-order valence-electron chi connectivity index (χ2n) is 7.73. The van der Waals surface area contributed by atoms with Gasteiger partial charge in [-0.15, -0.1) is 0 Å². The lowest BCUT2D eigenvalue weighted by molar-refractivity contribution is 0.638. The number of hydrogen-bond acceptors (Lipinski definition) is 2. The fourth-order valence-electron chi connectivity index (χ4n) is 3.77. The van der Waals surface area contributed by atoms with Crippen LogP contribution in [0.25, 0.3) is 11.4 Å². The molecule has 4 heteroatoms. The molecular weight excluding hydrogens is 332 g/mol. The third kappa shape index (κ3) is 2.78. The lowest BCUT2D eigenvalue weighted by Crippen LogP contribution is -2.19. The average Bonchev–Trinajstić information content (AvgIpc) is 3.36. The van der Waals surface area contributed by atoms with Gasteiger partial charge in [0.25, 0.3) is 0 Å². The Morgan fingerprint density at radius 3 is 1.67 bits per heavy atom. The zero-order valence-electron chi connectivity index (χ0n) is 15.6. The van der Waals surface area contributed by atoms with Crippen LogP contribution in [-0.4, -0.2) is 19.6 Å². The van der Waals surface area contributed by atoms with Crippen molar-refractivity contribution in [2.75, 3.05) is 0 Å². The molecule has 1 aliphatic rings. The van der Waals surface area contributed by atoms with Crippen molar-refractivity contribution in [2.45, 2.75) is 32.1 Å². The van der Waals surface area contributed by atoms with Crippen LogP contribution in [0.3, 0.4) is 0 Å². The van der Waals surface area contributed by atoms with Gasteiger partial charge in [0.1, 0.15) is 0 Å². The van der Waals surface area contributed by atoms with Crippen molar-refractivity contribution in [2.24, 2.45) is 0 Å². The Balaban J connectivity index is 1.73. The molecule has 2 aromatic carbocycles. The lowest BCUT2D eigenvalue weighted by Gasteiger charge is -2.27. The molecule has 4 aromatic rings. The molecule has 4 nitrogen and oxygen atoms in total. The summed E-state index contributed by atoms with van der Waals surface area (Å²) in [7, 11) is 0. The number of aryl methyl sites for hydroxylation is 2. The number of aromatic nitrogens is 4. The van der Waals surface area contributed by atoms with E-state index in [-0.39, 0.29) is 5.41 Å². The molecule has 8 bridgehead atoms. The summed E-state index contributed by atoms with van der Waals surface area (Å²) in [5, 5.41) is 9.55. The van der Waals surface area contributed by atoms with E-state index in [2.05, 4.69) is 74.5 Å². The van der Waals surface area contributed by atoms with Crippen LogP contribution in [0, 0.1) is 0 Å². The largest absolute Gasteiger partial charge is 0.241 e. The van der Waals surface area contributed by atoms with Gasteiger partial charge in [-0.3, -0.25) is 0 Å². The van der Waals surface area contributed by atoms with E-state index in [4.69, 9.17) is 10.2 Å². The third-order valence-electron chi connectivity index (χ3n) is 5.59. The Bertz CT molecular complexity index is 1030. The predicted molar refractivity (Wildman–Crippen MR) is 107 cm³/mol. The summed E-state index contributed by atoms with van der Waals surface area (Å²) in [4.78, 5) is 0. The molecule has 0 radical (unpaired) electrons. The van der Waals surface area contributed by atoms with Gasteiger partial charge in [0, 0.05) is 17.8 Å². The van der Waals surface area contributed by atoms with Crippen molar-refractivity contribution in [1.82, 2.24) is 19.6 Å². The van der Waals surface area contributed by atoms with E-state index in [9.17, 15) is 0 Å². The van der Waals surface area contributed by atoms with Crippen molar-refractivity contribution in [1.29, 1.82) is 0 Å². The molecule has 5 rings (SSSR count). The highest BCUT2D eigenvalue weighted by Crippen LogP contribution is 2.33. The first-order valence-corrected chi connectivity index (χ1v) is 9.40. The number of hydrogen-bond donors (Lipinski definition) is 0. The minimum Gasteiger partial charge on any atom is -0.241 e. The Morgan fingerprint density at radius 1 is 0.704 bits per heavy atom. The van der Waals surface area contributed by atoms with E-state index < -0.39 is 0 Å². The van der Waals surface area contributed by atoms with Crippen LogP contribution in [-0.2, 0) is 18.3 Å². The number of nitrogens with zero attached hydrogens (tertiary/aromatic N) is 4. The molecule has 0 saturated heterocycles. The van der Waals surface area contributed by atoms with Gasteiger partial charge in [0.15, 0.2) is 0 Å². The zero-order chi connectivity index (χ0) is 18.4. The van der Waals surface area contributed by atoms with Gasteiger partial charge in [-0.25, -0.2) is 9.36 Å². The smallest absolute Gasteiger partial charge is 0.0648 e. The molecule has 0 atom stereocenters. The van der Waals surface area contributed by atoms with E-state index in [1.165, 1.54) is 11.1 Å². The Kier molecular flexibility index (Phi) is 3.54. The minimum atomic E-state index is -0.127. The van der Waals surface area contributed by atoms with Crippen LogP contribution in [0.5, 0.6) is 0 Å². The fourth-order valence-corrected chi connectivity index (χ4v) is 3.77. The predicted octanol–water partition coefficient (Wildman–Crippen LogP) is 4.48. The first-order chi connectivity index (χ1) is 13.1. The Hall–Kier alpha value is -3.14. The van der Waals surface area contributed by atoms with Crippen LogP contribution in [0.15, 0.2) is 73.1 Å². The van der Waals surface area contributed by atoms with Crippen molar-refractivity contribution in [3.8, 4) is 11.4 Å². The molecule has 134 valence electrons. The minimum absolute atomic E-state index is 0.127. The average molecular weight is 354 g/mol. The lowest BCUT2D eigenvalue weighted by atomic mass is 9.78. The molecule has 2 aromatic heterocycles. The first kappa shape index (κ1) is 16.1. The van der Waals surface area contributed by atoms with Gasteiger partial charge < -0.3 is 0 Å². The summed E-state index contributed by atoms with van der Waals surface area (Å²) >= 11 is 0. The van der Waals surface area contributed by atoms with Crippen LogP contribution < -0.4 is 0 Å². The molecule has 0 spiro atoms. The van der Waals surface area contributed by atoms with Gasteiger partial charge in [0.05, 0.1) is 22.8 Å². The molecular formula is C23H22N4. The standard InChI is InChI=1S/C23H22N4/c1-23(2)17-5-3-7-21(15-17)26-13-11-19(24-26)9-10-20-12-14-27(25-20)22-8-4-6-18(23)16-22/h3-8,11-16H,9-10H2,1-2H3. The van der Waals surface area contributed by atoms with Crippen molar-refractivity contribution in [3.63, 3.8) is 0 Å². The molecule has 0 saturated carbocycles. The molecule has 0 unspecified atom stereocenters. The van der Waals surface area contributed by atoms with Gasteiger partial charge in [-0.2, -0.15) is 10.2 Å². The summed E-state index contributed by atoms with van der Waals surface area (Å²) in [6, 6.07) is 21.6. The number of benzene rings is 2. The van der Waals surface area contributed by atoms with E-state index in [1.807, 2.05) is 21.8 Å². The normalized spacial score (nSPS) is 15.0. The van der Waals surface area contributed by atoms with Crippen LogP contribution in [0.4, 0.5) is 0 Å². The molecule has 0 aliphatic carbocycles. The van der Waals surface area contributed by atoms with Gasteiger partial charge in [0.2, 0.25) is 0 Å². The van der Waals surface area contributed by atoms with Crippen LogP contribution >= 0.6 is 0 Å². The zero-order valence-corrected chi connectivity index (χ0v) is 15.6. The monoisotopic (exact) mass is 354 g/mol. The van der Waals surface area contributed by atoms with E-state index in [1.54, 1.807) is 0 Å². The highest BCUT2D eigenvalue weighted by Gasteiger charge is 2.24. The highest BCUT2D eigenvalue weighted by atomic mass is 15.3. The van der Waals surface area contributed by atoms with E-state index >= 15 is 0 Å². The number of fused-ring (bicyclic) bond motifs is 10. The SMILES string of the molecule is CC1(C)c2cccc(c2)-n2ccc(n2)CCc2ccn(n2)-c2cccc1c2. The maximum absolute atomic E-state index is 4.78. The molecule has 0 N–H and O–H groups in total. The maximum Gasteiger partial charge on any atom is 0.0648 e. The first-order valence-electron chi connectivity index (χ1n) is 9.40. The molecule has 0 amide bonds. The molecule has 1 aliphatic heterocycles. The topological polar surface area (TPSA) is 35.6 Å². The summed E-state index contributed by atoms with van der Waals surface area (Å²) < 4.78 is 3.95. The Morgan fingerprint density at radius 2 is 1.19 bits per heavy atom. The quantitative estimate of drug-likeness (QED) is 0.467. The second-order valence-corrected chi connectivity index (χ2v) is 7.73. The van der Waals surface area contributed by atoms with Crippen LogP contribution in [0.2, 0.25) is 0 Å². The molecule has 0 fully saturated rings. The van der Waals surface area contributed by atoms with Gasteiger partial charge in [-0.05, 0) is 60.4 Å². The van der Waals surface area contributed by atoms with Crippen molar-refractivity contribution >= 4 is 0 Å². The summed E-state index contributed by atoms with van der Waals surface area (Å²) in [5.74, 6) is 0. The van der Waals surface area contributed by atoms with Gasteiger partial charge >= 0.3 is 0 Å². The van der Waals surface area contributed by atoms with Crippen LogP contribution in [0.1, 0.15) is 36.4 Å². The van der Waals surface area contributed by atoms with Gasteiger partial charge in [-0.1, -0.05) is 38.1 Å². The summed E-state index contributed by atoms with van der Waals surface area (Å²) in [6.45, 7) is 4.54. The van der Waals surface area contributed by atoms with Crippen molar-refractivity contribution < 1.29 is 0 Å². The van der Waals surface area contributed by atoms with E-state index in [0.29, 0.717) is 0 Å². The molecule has 27 heavy (non-hydrogen) atoms. The molecule has 3 heterocycles. The fraction of sp³-hybridized carbons (Fsp3) is 0.217. The second kappa shape index (κ2) is 5.95. The maximum atomic E-state index is 4.78. The van der Waals surface area contributed by atoms with Crippen molar-refractivity contribution in [3.05, 3.63) is 95.6 Å².